The second kappa shape index (κ2) is 13.9. The van der Waals surface area contributed by atoms with E-state index in [-0.39, 0.29) is 63.7 Å². The van der Waals surface area contributed by atoms with Crippen molar-refractivity contribution in [3.8, 4) is 45.1 Å². The van der Waals surface area contributed by atoms with E-state index in [4.69, 9.17) is 40.3 Å². The number of benzene rings is 3. The number of aliphatic hydroxyl groups is 1. The molecule has 2 N–H and O–H groups in total. The third-order valence-electron chi connectivity index (χ3n) is 10.2. The molecular weight excluding hydrogens is 724 g/mol. The first-order valence-corrected chi connectivity index (χ1v) is 18.1. The fraction of sp³-hybridized carbons (Fsp3) is 0.333. The van der Waals surface area contributed by atoms with E-state index in [0.717, 1.165) is 21.1 Å². The highest BCUT2D eigenvalue weighted by atomic mass is 35.5. The number of allylic oxidation sites excluding steroid dienone is 1. The predicted octanol–water partition coefficient (Wildman–Crippen LogP) is 6.70. The van der Waals surface area contributed by atoms with Crippen molar-refractivity contribution in [1.82, 2.24) is 9.88 Å². The molecule has 1 aromatic heterocycles. The quantitative estimate of drug-likeness (QED) is 0.187. The van der Waals surface area contributed by atoms with Crippen LogP contribution >= 0.6 is 22.9 Å². The van der Waals surface area contributed by atoms with Crippen molar-refractivity contribution in [2.45, 2.75) is 44.2 Å². The number of methoxy groups -OCH3 is 4. The van der Waals surface area contributed by atoms with Crippen LogP contribution in [0.15, 0.2) is 59.9 Å². The second-order valence-electron chi connectivity index (χ2n) is 13.1. The van der Waals surface area contributed by atoms with Gasteiger partial charge in [-0.1, -0.05) is 36.7 Å². The monoisotopic (exact) mass is 760 g/mol. The number of ether oxygens (including phenoxy) is 5. The lowest BCUT2D eigenvalue weighted by Crippen LogP contribution is -2.53. The highest BCUT2D eigenvalue weighted by Gasteiger charge is 2.61. The van der Waals surface area contributed by atoms with Crippen LogP contribution < -0.4 is 23.7 Å². The summed E-state index contributed by atoms with van der Waals surface area (Å²) in [5, 5.41) is 23.5. The molecule has 2 aliphatic heterocycles. The van der Waals surface area contributed by atoms with Crippen LogP contribution in [0.4, 0.5) is 0 Å². The van der Waals surface area contributed by atoms with Gasteiger partial charge in [0.25, 0.3) is 0 Å². The minimum atomic E-state index is -2.05. The zero-order valence-corrected chi connectivity index (χ0v) is 31.2. The number of phenolic OH excluding ortho intramolecular Hbond substituents is 1. The summed E-state index contributed by atoms with van der Waals surface area (Å²) >= 11 is 8.14. The topological polar surface area (TPSA) is 154 Å². The number of phenols is 1. The molecule has 12 nitrogen and oxygen atoms in total. The number of rotatable bonds is 9. The number of Topliss-reactive ketones (excluding diaryl/α,β-unsaturated/α-hetero) is 2. The predicted molar refractivity (Wildman–Crippen MR) is 196 cm³/mol. The van der Waals surface area contributed by atoms with Crippen LogP contribution in [-0.4, -0.2) is 78.2 Å². The van der Waals surface area contributed by atoms with Crippen molar-refractivity contribution in [1.29, 1.82) is 0 Å². The number of aliphatic hydroxyl groups excluding tert-OH is 1. The number of carbonyl (C=O) groups is 3. The number of halogens is 1. The van der Waals surface area contributed by atoms with Crippen LogP contribution in [0.1, 0.15) is 52.2 Å². The number of amides is 1. The van der Waals surface area contributed by atoms with E-state index in [1.54, 1.807) is 25.0 Å². The standard InChI is InChI=1S/C39H37ClN2O10S/c1-19-13-26(44)32(36(46)39(19)37(47)33-28(50-4)17-29(51-5)34(40)35(33)52-39)23(20-9-10-25(43)27(15-20)49-3)16-31(45)42-12-11-24-30(18-42)53-38(41-24)21-7-6-8-22(14-21)48-2/h6-10,14-15,17,19,23,43,46H,11-13,16,18H2,1-5H3/t19-,23?,39+/m1/s1. The molecular formula is C39H37ClN2O10S. The first-order chi connectivity index (χ1) is 25.4. The molecule has 3 aliphatic rings. The summed E-state index contributed by atoms with van der Waals surface area (Å²) in [5.41, 5.74) is 0.0411. The van der Waals surface area contributed by atoms with E-state index in [1.165, 1.54) is 50.9 Å². The number of thiazole rings is 1. The van der Waals surface area contributed by atoms with E-state index in [2.05, 4.69) is 0 Å². The van der Waals surface area contributed by atoms with Crippen LogP contribution in [0.25, 0.3) is 10.6 Å². The molecule has 0 saturated carbocycles. The third kappa shape index (κ3) is 5.91. The summed E-state index contributed by atoms with van der Waals surface area (Å²) in [6.07, 6.45) is 0.0932. The van der Waals surface area contributed by atoms with E-state index in [0.29, 0.717) is 30.8 Å². The SMILES string of the molecule is COc1cccc(-c2nc3c(s2)CN(C(=O)CC(C2=C(O)[C@@]4(Oc5c(Cl)c(OC)cc(OC)c5C4=O)[C@H](C)CC2=O)c2ccc(O)c(OC)c2)CC3)c1. The van der Waals surface area contributed by atoms with E-state index < -0.39 is 34.8 Å². The van der Waals surface area contributed by atoms with Gasteiger partial charge in [0, 0.05) is 59.7 Å². The number of aromatic hydroxyl groups is 1. The van der Waals surface area contributed by atoms with Crippen molar-refractivity contribution in [3.05, 3.63) is 86.6 Å². The van der Waals surface area contributed by atoms with Crippen LogP contribution in [-0.2, 0) is 22.6 Å². The maximum atomic E-state index is 14.5. The zero-order chi connectivity index (χ0) is 37.8. The minimum absolute atomic E-state index is 0.00377. The molecule has 4 aromatic rings. The molecule has 0 radical (unpaired) electrons. The smallest absolute Gasteiger partial charge is 0.231 e. The van der Waals surface area contributed by atoms with Gasteiger partial charge in [-0.15, -0.1) is 11.3 Å². The highest BCUT2D eigenvalue weighted by molar-refractivity contribution is 7.15. The lowest BCUT2D eigenvalue weighted by molar-refractivity contribution is -0.132. The van der Waals surface area contributed by atoms with Crippen LogP contribution in [0.5, 0.6) is 34.5 Å². The van der Waals surface area contributed by atoms with Crippen molar-refractivity contribution in [2.24, 2.45) is 5.92 Å². The molecule has 1 amide bonds. The first kappa shape index (κ1) is 36.1. The summed E-state index contributed by atoms with van der Waals surface area (Å²) in [5.74, 6) is -2.96. The van der Waals surface area contributed by atoms with Gasteiger partial charge in [-0.3, -0.25) is 14.4 Å². The van der Waals surface area contributed by atoms with Gasteiger partial charge in [-0.25, -0.2) is 4.98 Å². The molecule has 1 aliphatic carbocycles. The second-order valence-corrected chi connectivity index (χ2v) is 14.6. The summed E-state index contributed by atoms with van der Waals surface area (Å²) in [4.78, 5) is 50.3. The van der Waals surface area contributed by atoms with Gasteiger partial charge in [0.1, 0.15) is 32.8 Å². The Morgan fingerprint density at radius 1 is 1.04 bits per heavy atom. The van der Waals surface area contributed by atoms with Crippen molar-refractivity contribution < 1.29 is 48.3 Å². The molecule has 0 fully saturated rings. The molecule has 3 heterocycles. The van der Waals surface area contributed by atoms with Crippen molar-refractivity contribution in [2.75, 3.05) is 35.0 Å². The molecule has 3 atom stereocenters. The lowest BCUT2D eigenvalue weighted by atomic mass is 9.69. The number of nitrogens with zero attached hydrogens (tertiary/aromatic N) is 2. The lowest BCUT2D eigenvalue weighted by Gasteiger charge is -2.39. The zero-order valence-electron chi connectivity index (χ0n) is 29.7. The van der Waals surface area contributed by atoms with Crippen molar-refractivity contribution in [3.63, 3.8) is 0 Å². The molecule has 7 rings (SSSR count). The van der Waals surface area contributed by atoms with Gasteiger partial charge >= 0.3 is 0 Å². The number of aromatic nitrogens is 1. The van der Waals surface area contributed by atoms with Gasteiger partial charge in [-0.2, -0.15) is 0 Å². The molecule has 1 spiro atoms. The van der Waals surface area contributed by atoms with Crippen LogP contribution in [0.3, 0.4) is 0 Å². The fourth-order valence-electron chi connectivity index (χ4n) is 7.43. The molecule has 0 bridgehead atoms. The Labute approximate surface area is 314 Å². The van der Waals surface area contributed by atoms with Gasteiger partial charge in [-0.05, 0) is 29.8 Å². The molecule has 0 saturated heterocycles. The van der Waals surface area contributed by atoms with Gasteiger partial charge in [0.05, 0.1) is 40.7 Å². The number of hydrogen-bond donors (Lipinski definition) is 2. The summed E-state index contributed by atoms with van der Waals surface area (Å²) in [6, 6.07) is 13.6. The molecule has 276 valence electrons. The maximum Gasteiger partial charge on any atom is 0.231 e. The molecule has 3 aromatic carbocycles. The van der Waals surface area contributed by atoms with Crippen molar-refractivity contribution >= 4 is 40.4 Å². The molecule has 53 heavy (non-hydrogen) atoms. The molecule has 14 heteroatoms. The normalized spacial score (nSPS) is 19.8. The Morgan fingerprint density at radius 3 is 2.51 bits per heavy atom. The molecule has 1 unspecified atom stereocenters. The number of hydrogen-bond acceptors (Lipinski definition) is 12. The van der Waals surface area contributed by atoms with E-state index in [9.17, 15) is 24.6 Å². The summed E-state index contributed by atoms with van der Waals surface area (Å²) in [7, 11) is 5.77. The Bertz CT molecular complexity index is 2200. The Morgan fingerprint density at radius 2 is 1.79 bits per heavy atom. The first-order valence-electron chi connectivity index (χ1n) is 16.9. The minimum Gasteiger partial charge on any atom is -0.507 e. The van der Waals surface area contributed by atoms with Gasteiger partial charge in [0.15, 0.2) is 28.8 Å². The summed E-state index contributed by atoms with van der Waals surface area (Å²) in [6.45, 7) is 2.32. The Hall–Kier alpha value is -5.27. The average Bonchev–Trinajstić information content (AvgIpc) is 3.74. The average molecular weight is 761 g/mol. The number of ketones is 2. The van der Waals surface area contributed by atoms with E-state index >= 15 is 0 Å². The number of fused-ring (bicyclic) bond motifs is 2. The largest absolute Gasteiger partial charge is 0.507 e. The number of carbonyl (C=O) groups excluding carboxylic acids is 3. The van der Waals surface area contributed by atoms with Crippen LogP contribution in [0.2, 0.25) is 5.02 Å². The Balaban J connectivity index is 1.28. The fourth-order valence-corrected chi connectivity index (χ4v) is 8.81. The van der Waals surface area contributed by atoms with Crippen LogP contribution in [0, 0.1) is 5.92 Å². The summed E-state index contributed by atoms with van der Waals surface area (Å²) < 4.78 is 28.0. The Kier molecular flexibility index (Phi) is 9.50. The highest BCUT2D eigenvalue weighted by Crippen LogP contribution is 2.56. The van der Waals surface area contributed by atoms with Gasteiger partial charge < -0.3 is 38.8 Å². The maximum absolute atomic E-state index is 14.5. The van der Waals surface area contributed by atoms with Gasteiger partial charge in [0.2, 0.25) is 17.3 Å². The van der Waals surface area contributed by atoms with E-state index in [1.807, 2.05) is 24.3 Å². The third-order valence-corrected chi connectivity index (χ3v) is 11.7.